The van der Waals surface area contributed by atoms with Crippen molar-refractivity contribution in [2.24, 2.45) is 10.9 Å². The molecule has 1 aliphatic heterocycles. The third-order valence-electron chi connectivity index (χ3n) is 3.99. The predicted molar refractivity (Wildman–Crippen MR) is 83.6 cm³/mol. The van der Waals surface area contributed by atoms with Crippen LogP contribution in [0.2, 0.25) is 0 Å². The van der Waals surface area contributed by atoms with Crippen molar-refractivity contribution in [2.45, 2.75) is 18.9 Å². The summed E-state index contributed by atoms with van der Waals surface area (Å²) in [5.74, 6) is 0.296. The van der Waals surface area contributed by atoms with Crippen LogP contribution in [-0.2, 0) is 11.2 Å². The Bertz CT molecular complexity index is 883. The average Bonchev–Trinajstić information content (AvgIpc) is 2.56. The molecular weight excluding hydrogens is 298 g/mol. The molecular formula is C15H15N5O3. The van der Waals surface area contributed by atoms with Gasteiger partial charge in [-0.05, 0) is 18.1 Å². The van der Waals surface area contributed by atoms with Crippen LogP contribution < -0.4 is 11.2 Å². The Labute approximate surface area is 130 Å². The van der Waals surface area contributed by atoms with Crippen molar-refractivity contribution in [1.82, 2.24) is 9.97 Å². The summed E-state index contributed by atoms with van der Waals surface area (Å²) in [6.45, 7) is 0. The zero-order valence-electron chi connectivity index (χ0n) is 12.4. The second kappa shape index (κ2) is 6.02. The molecule has 8 nitrogen and oxygen atoms in total. The van der Waals surface area contributed by atoms with Crippen LogP contribution in [0.5, 0.6) is 0 Å². The van der Waals surface area contributed by atoms with Crippen LogP contribution in [0.25, 0.3) is 5.53 Å². The van der Waals surface area contributed by atoms with E-state index < -0.39 is 17.3 Å². The number of aliphatic imine (C=N–C) groups is 1. The van der Waals surface area contributed by atoms with Crippen LogP contribution in [0, 0.1) is 5.92 Å². The summed E-state index contributed by atoms with van der Waals surface area (Å²) in [5.41, 5.74) is 10.1. The van der Waals surface area contributed by atoms with Gasteiger partial charge in [0.15, 0.2) is 6.04 Å². The van der Waals surface area contributed by atoms with Crippen molar-refractivity contribution in [3.8, 4) is 0 Å². The van der Waals surface area contributed by atoms with Gasteiger partial charge in [0.1, 0.15) is 0 Å². The second-order valence-electron chi connectivity index (χ2n) is 5.30. The van der Waals surface area contributed by atoms with Crippen molar-refractivity contribution in [3.63, 3.8) is 0 Å². The van der Waals surface area contributed by atoms with Gasteiger partial charge in [0.05, 0.1) is 7.11 Å². The number of aromatic amines is 2. The van der Waals surface area contributed by atoms with Gasteiger partial charge in [-0.1, -0.05) is 6.08 Å². The fraction of sp³-hybridized carbons (Fsp3) is 0.333. The minimum atomic E-state index is -0.537. The molecule has 2 N–H and O–H groups in total. The molecule has 1 aliphatic carbocycles. The van der Waals surface area contributed by atoms with E-state index in [1.54, 1.807) is 6.21 Å². The Hall–Kier alpha value is -2.99. The highest BCUT2D eigenvalue weighted by molar-refractivity contribution is 6.03. The summed E-state index contributed by atoms with van der Waals surface area (Å²) in [7, 11) is 1.49. The van der Waals surface area contributed by atoms with Gasteiger partial charge in [-0.2, -0.15) is 4.79 Å². The van der Waals surface area contributed by atoms with Crippen LogP contribution in [0.1, 0.15) is 12.0 Å². The summed E-state index contributed by atoms with van der Waals surface area (Å²) >= 11 is 0. The molecule has 3 rings (SSSR count). The maximum absolute atomic E-state index is 11.9. The Morgan fingerprint density at radius 1 is 1.48 bits per heavy atom. The molecule has 0 saturated carbocycles. The van der Waals surface area contributed by atoms with Crippen molar-refractivity contribution in [1.29, 1.82) is 0 Å². The molecule has 0 fully saturated rings. The van der Waals surface area contributed by atoms with Crippen LogP contribution in [-0.4, -0.2) is 39.8 Å². The SMILES string of the molecule is COC1=CC(Cc2c[nH]c(=O)[nH]c2=O)C2=CCC=NC2C1=[N+]=[N-]. The molecule has 1 aromatic rings. The Morgan fingerprint density at radius 3 is 3.00 bits per heavy atom. The molecule has 1 aromatic heterocycles. The highest BCUT2D eigenvalue weighted by atomic mass is 16.5. The molecule has 0 bridgehead atoms. The van der Waals surface area contributed by atoms with E-state index in [2.05, 4.69) is 19.8 Å². The first-order valence-corrected chi connectivity index (χ1v) is 7.14. The summed E-state index contributed by atoms with van der Waals surface area (Å²) in [6, 6.07) is -0.416. The maximum atomic E-state index is 11.9. The quantitative estimate of drug-likeness (QED) is 0.470. The smallest absolute Gasteiger partial charge is 0.361 e. The van der Waals surface area contributed by atoms with E-state index in [1.165, 1.54) is 13.3 Å². The summed E-state index contributed by atoms with van der Waals surface area (Å²) in [4.78, 5) is 35.4. The molecule has 2 heterocycles. The number of methoxy groups -OCH3 is 1. The Kier molecular flexibility index (Phi) is 3.91. The molecule has 8 heteroatoms. The van der Waals surface area contributed by atoms with E-state index in [-0.39, 0.29) is 5.92 Å². The number of dihydropyridines is 1. The zero-order chi connectivity index (χ0) is 16.4. The van der Waals surface area contributed by atoms with E-state index in [1.807, 2.05) is 12.2 Å². The first-order valence-electron chi connectivity index (χ1n) is 7.14. The van der Waals surface area contributed by atoms with Crippen molar-refractivity contribution in [2.75, 3.05) is 7.11 Å². The number of nitrogens with zero attached hydrogens (tertiary/aromatic N) is 3. The first kappa shape index (κ1) is 14.9. The van der Waals surface area contributed by atoms with Gasteiger partial charge in [-0.25, -0.2) is 4.79 Å². The second-order valence-corrected chi connectivity index (χ2v) is 5.30. The monoisotopic (exact) mass is 313 g/mol. The summed E-state index contributed by atoms with van der Waals surface area (Å²) < 4.78 is 5.29. The zero-order valence-corrected chi connectivity index (χ0v) is 12.4. The third kappa shape index (κ3) is 2.72. The summed E-state index contributed by atoms with van der Waals surface area (Å²) in [6.07, 6.45) is 8.05. The molecule has 23 heavy (non-hydrogen) atoms. The van der Waals surface area contributed by atoms with Gasteiger partial charge < -0.3 is 15.3 Å². The lowest BCUT2D eigenvalue weighted by Crippen LogP contribution is -2.36. The highest BCUT2D eigenvalue weighted by Gasteiger charge is 2.40. The molecule has 0 spiro atoms. The van der Waals surface area contributed by atoms with Gasteiger partial charge in [0.25, 0.3) is 5.56 Å². The van der Waals surface area contributed by atoms with E-state index in [9.17, 15) is 15.1 Å². The predicted octanol–water partition coefficient (Wildman–Crippen LogP) is 0.206. The minimum Gasteiger partial charge on any atom is -0.490 e. The topological polar surface area (TPSA) is 124 Å². The standard InChI is InChI=1S/C15H15N5O3/c1-23-11-6-8(5-9-7-18-15(22)19-14(9)21)10-3-2-4-17-12(10)13(11)20-16/h3-4,6-8,12H,2,5H2,1H3,(H2,18,19,21,22). The van der Waals surface area contributed by atoms with Gasteiger partial charge in [-0.15, -0.1) is 0 Å². The van der Waals surface area contributed by atoms with Crippen LogP contribution in [0.15, 0.2) is 44.3 Å². The van der Waals surface area contributed by atoms with E-state index in [0.717, 1.165) is 5.57 Å². The number of hydrogen-bond acceptors (Lipinski definition) is 4. The molecule has 2 aliphatic rings. The van der Waals surface area contributed by atoms with Crippen LogP contribution in [0.4, 0.5) is 0 Å². The lowest BCUT2D eigenvalue weighted by atomic mass is 9.79. The first-order chi connectivity index (χ1) is 11.1. The number of ether oxygens (including phenoxy) is 1. The molecule has 2 unspecified atom stereocenters. The van der Waals surface area contributed by atoms with E-state index in [4.69, 9.17) is 4.74 Å². The molecule has 0 radical (unpaired) electrons. The highest BCUT2D eigenvalue weighted by Crippen LogP contribution is 2.32. The van der Waals surface area contributed by atoms with Crippen molar-refractivity contribution in [3.05, 3.63) is 61.6 Å². The fourth-order valence-corrected chi connectivity index (χ4v) is 2.91. The van der Waals surface area contributed by atoms with E-state index in [0.29, 0.717) is 29.9 Å². The number of H-pyrrole nitrogens is 2. The molecule has 0 saturated heterocycles. The average molecular weight is 313 g/mol. The molecule has 0 amide bonds. The molecule has 2 atom stereocenters. The number of allylic oxidation sites excluding steroid dienone is 2. The minimum absolute atomic E-state index is 0.134. The third-order valence-corrected chi connectivity index (χ3v) is 3.99. The Balaban J connectivity index is 2.03. The van der Waals surface area contributed by atoms with Gasteiger partial charge in [0, 0.05) is 30.3 Å². The number of nitrogens with one attached hydrogen (secondary N) is 2. The lowest BCUT2D eigenvalue weighted by Gasteiger charge is -2.27. The largest absolute Gasteiger partial charge is 0.490 e. The normalized spacial score (nSPS) is 22.7. The van der Waals surface area contributed by atoms with Crippen LogP contribution >= 0.6 is 0 Å². The lowest BCUT2D eigenvalue weighted by molar-refractivity contribution is -0.0132. The maximum Gasteiger partial charge on any atom is 0.361 e. The van der Waals surface area contributed by atoms with Crippen LogP contribution in [0.3, 0.4) is 0 Å². The summed E-state index contributed by atoms with van der Waals surface area (Å²) in [5, 5.41) is 0. The van der Waals surface area contributed by atoms with Crippen molar-refractivity contribution < 1.29 is 9.53 Å². The Morgan fingerprint density at radius 2 is 2.30 bits per heavy atom. The van der Waals surface area contributed by atoms with Gasteiger partial charge >= 0.3 is 11.4 Å². The van der Waals surface area contributed by atoms with E-state index >= 15 is 0 Å². The molecule has 118 valence electrons. The number of rotatable bonds is 3. The number of fused-ring (bicyclic) bond motifs is 1. The van der Waals surface area contributed by atoms with Gasteiger partial charge in [0.2, 0.25) is 5.76 Å². The van der Waals surface area contributed by atoms with Crippen molar-refractivity contribution >= 4 is 11.9 Å². The fourth-order valence-electron chi connectivity index (χ4n) is 2.91. The van der Waals surface area contributed by atoms with Gasteiger partial charge in [-0.3, -0.25) is 14.8 Å². The number of hydrogen-bond donors (Lipinski definition) is 2. The molecule has 0 aromatic carbocycles. The number of aromatic nitrogens is 2.